The van der Waals surface area contributed by atoms with Gasteiger partial charge in [-0.2, -0.15) is 0 Å². The molecule has 0 aromatic carbocycles. The standard InChI is InChI=1S/C35H62O8/c1-8-22(17(2)3)25(37)15-18(4)26-32(43-33-31(41)30(40)28(38)19(5)42-33)29(39)27-23-10-9-20-16-21(36)11-13-34(20,6)24(23)12-14-35(26,27)7/h17-33,36-41H,8-16H2,1-7H3/t18-,19+,20+,21+,22-,23-,24+,25+,26+,27-,28+,29+,30-,31-,32-,33+,34+,35-/m1/s1. The maximum absolute atomic E-state index is 12.3. The highest BCUT2D eigenvalue weighted by Crippen LogP contribution is 2.69. The summed E-state index contributed by atoms with van der Waals surface area (Å²) in [6.45, 7) is 15.1. The van der Waals surface area contributed by atoms with E-state index in [-0.39, 0.29) is 40.6 Å². The molecule has 4 aliphatic carbocycles. The number of rotatable bonds is 8. The van der Waals surface area contributed by atoms with Crippen molar-refractivity contribution in [3.05, 3.63) is 0 Å². The van der Waals surface area contributed by atoms with Crippen LogP contribution in [0, 0.1) is 58.2 Å². The minimum Gasteiger partial charge on any atom is -0.393 e. The van der Waals surface area contributed by atoms with Crippen molar-refractivity contribution in [3.63, 3.8) is 0 Å². The molecule has 43 heavy (non-hydrogen) atoms. The Morgan fingerprint density at radius 1 is 0.860 bits per heavy atom. The number of fused-ring (bicyclic) bond motifs is 5. The highest BCUT2D eigenvalue weighted by molar-refractivity contribution is 5.15. The monoisotopic (exact) mass is 610 g/mol. The van der Waals surface area contributed by atoms with Gasteiger partial charge in [0.05, 0.1) is 30.5 Å². The Balaban J connectivity index is 1.47. The van der Waals surface area contributed by atoms with Crippen molar-refractivity contribution in [1.29, 1.82) is 0 Å². The third-order valence-electron chi connectivity index (χ3n) is 13.9. The lowest BCUT2D eigenvalue weighted by atomic mass is 9.44. The van der Waals surface area contributed by atoms with E-state index in [0.717, 1.165) is 51.4 Å². The first-order valence-electron chi connectivity index (χ1n) is 17.5. The van der Waals surface area contributed by atoms with Crippen molar-refractivity contribution < 1.29 is 40.1 Å². The van der Waals surface area contributed by atoms with Crippen LogP contribution in [0.25, 0.3) is 0 Å². The second-order valence-corrected chi connectivity index (χ2v) is 16.4. The molecule has 1 aliphatic heterocycles. The van der Waals surface area contributed by atoms with Crippen LogP contribution in [0.5, 0.6) is 0 Å². The molecule has 6 N–H and O–H groups in total. The van der Waals surface area contributed by atoms with Crippen LogP contribution >= 0.6 is 0 Å². The minimum absolute atomic E-state index is 0.00575. The van der Waals surface area contributed by atoms with Gasteiger partial charge in [-0.1, -0.05) is 48.0 Å². The van der Waals surface area contributed by atoms with Crippen LogP contribution in [-0.4, -0.2) is 85.8 Å². The molecule has 0 bridgehead atoms. The first-order chi connectivity index (χ1) is 20.1. The molecule has 18 atom stereocenters. The normalized spacial score (nSPS) is 52.2. The maximum Gasteiger partial charge on any atom is 0.186 e. The fourth-order valence-corrected chi connectivity index (χ4v) is 11.6. The molecule has 8 heteroatoms. The van der Waals surface area contributed by atoms with Crippen LogP contribution in [0.2, 0.25) is 0 Å². The van der Waals surface area contributed by atoms with Gasteiger partial charge >= 0.3 is 0 Å². The molecule has 0 aromatic heterocycles. The van der Waals surface area contributed by atoms with E-state index in [0.29, 0.717) is 30.1 Å². The van der Waals surface area contributed by atoms with Crippen LogP contribution in [0.3, 0.4) is 0 Å². The van der Waals surface area contributed by atoms with E-state index in [1.54, 1.807) is 6.92 Å². The zero-order chi connectivity index (χ0) is 31.6. The third kappa shape index (κ3) is 5.77. The summed E-state index contributed by atoms with van der Waals surface area (Å²) in [6, 6.07) is 0. The number of aliphatic hydroxyl groups excluding tert-OH is 6. The lowest BCUT2D eigenvalue weighted by Gasteiger charge is -2.61. The van der Waals surface area contributed by atoms with Gasteiger partial charge in [-0.05, 0) is 116 Å². The predicted molar refractivity (Wildman–Crippen MR) is 164 cm³/mol. The molecule has 0 unspecified atom stereocenters. The predicted octanol–water partition coefficient (Wildman–Crippen LogP) is 3.87. The Morgan fingerprint density at radius 3 is 2.19 bits per heavy atom. The Kier molecular flexibility index (Phi) is 10.1. The van der Waals surface area contributed by atoms with E-state index in [1.807, 2.05) is 0 Å². The van der Waals surface area contributed by atoms with Crippen molar-refractivity contribution in [2.75, 3.05) is 0 Å². The summed E-state index contributed by atoms with van der Waals surface area (Å²) in [5.74, 6) is 1.83. The van der Waals surface area contributed by atoms with Crippen molar-refractivity contribution >= 4 is 0 Å². The van der Waals surface area contributed by atoms with Gasteiger partial charge < -0.3 is 40.1 Å². The first kappa shape index (κ1) is 34.0. The second-order valence-electron chi connectivity index (χ2n) is 16.4. The van der Waals surface area contributed by atoms with E-state index in [2.05, 4.69) is 41.5 Å². The molecular weight excluding hydrogens is 548 g/mol. The lowest BCUT2D eigenvalue weighted by Crippen LogP contribution is -2.58. The lowest BCUT2D eigenvalue weighted by molar-refractivity contribution is -0.314. The quantitative estimate of drug-likeness (QED) is 0.244. The summed E-state index contributed by atoms with van der Waals surface area (Å²) >= 11 is 0. The van der Waals surface area contributed by atoms with Crippen LogP contribution in [0.1, 0.15) is 106 Å². The molecule has 0 amide bonds. The third-order valence-corrected chi connectivity index (χ3v) is 13.9. The molecule has 250 valence electrons. The van der Waals surface area contributed by atoms with Crippen LogP contribution in [0.4, 0.5) is 0 Å². The Morgan fingerprint density at radius 2 is 1.53 bits per heavy atom. The number of hydrogen-bond acceptors (Lipinski definition) is 8. The molecule has 5 rings (SSSR count). The Hall–Kier alpha value is -0.320. The van der Waals surface area contributed by atoms with Crippen LogP contribution < -0.4 is 0 Å². The second kappa shape index (κ2) is 12.7. The molecule has 5 fully saturated rings. The summed E-state index contributed by atoms with van der Waals surface area (Å²) < 4.78 is 12.5. The van der Waals surface area contributed by atoms with Crippen molar-refractivity contribution in [1.82, 2.24) is 0 Å². The molecule has 0 aromatic rings. The van der Waals surface area contributed by atoms with E-state index in [9.17, 15) is 30.6 Å². The Bertz CT molecular complexity index is 947. The minimum atomic E-state index is -1.43. The zero-order valence-corrected chi connectivity index (χ0v) is 27.7. The maximum atomic E-state index is 12.3. The van der Waals surface area contributed by atoms with Gasteiger partial charge in [0.15, 0.2) is 6.29 Å². The number of hydrogen-bond donors (Lipinski definition) is 6. The average Bonchev–Trinajstić information content (AvgIpc) is 3.16. The van der Waals surface area contributed by atoms with Crippen molar-refractivity contribution in [3.8, 4) is 0 Å². The molecule has 0 spiro atoms. The molecule has 1 saturated heterocycles. The molecule has 0 radical (unpaired) electrons. The smallest absolute Gasteiger partial charge is 0.186 e. The fourth-order valence-electron chi connectivity index (χ4n) is 11.6. The largest absolute Gasteiger partial charge is 0.393 e. The molecule has 8 nitrogen and oxygen atoms in total. The molecule has 5 aliphatic rings. The summed E-state index contributed by atoms with van der Waals surface area (Å²) in [5, 5.41) is 66.0. The summed E-state index contributed by atoms with van der Waals surface area (Å²) in [7, 11) is 0. The Labute approximate surface area is 259 Å². The molecule has 1 heterocycles. The SMILES string of the molecule is CC[C@H](C(C)C)[C@@H](O)C[C@@H](C)[C@H]1[C@@H](O[C@@H]2O[C@@H](C)[C@H](O)[C@@H](O)[C@H]2O)[C@@H](O)[C@H]2[C@@H]3CC[C@H]4C[C@@H](O)CC[C@]4(C)[C@H]3CC[C@]12C. The van der Waals surface area contributed by atoms with Gasteiger partial charge in [-0.15, -0.1) is 0 Å². The number of aliphatic hydroxyl groups is 6. The van der Waals surface area contributed by atoms with E-state index < -0.39 is 49.0 Å². The first-order valence-corrected chi connectivity index (χ1v) is 17.5. The van der Waals surface area contributed by atoms with Gasteiger partial charge in [0.2, 0.25) is 0 Å². The van der Waals surface area contributed by atoms with Gasteiger partial charge in [-0.3, -0.25) is 0 Å². The van der Waals surface area contributed by atoms with Crippen molar-refractivity contribution in [2.24, 2.45) is 58.2 Å². The van der Waals surface area contributed by atoms with Gasteiger partial charge in [-0.25, -0.2) is 0 Å². The van der Waals surface area contributed by atoms with E-state index in [1.165, 1.54) is 0 Å². The van der Waals surface area contributed by atoms with Gasteiger partial charge in [0, 0.05) is 0 Å². The molecule has 4 saturated carbocycles. The van der Waals surface area contributed by atoms with Crippen molar-refractivity contribution in [2.45, 2.75) is 161 Å². The summed E-state index contributed by atoms with van der Waals surface area (Å²) in [6.07, 6.45) is 0.364. The van der Waals surface area contributed by atoms with Crippen LogP contribution in [0.15, 0.2) is 0 Å². The van der Waals surface area contributed by atoms with Gasteiger partial charge in [0.25, 0.3) is 0 Å². The van der Waals surface area contributed by atoms with Gasteiger partial charge in [0.1, 0.15) is 18.3 Å². The molecular formula is C35H62O8. The van der Waals surface area contributed by atoms with Crippen LogP contribution in [-0.2, 0) is 9.47 Å². The van der Waals surface area contributed by atoms with E-state index >= 15 is 0 Å². The highest BCUT2D eigenvalue weighted by Gasteiger charge is 2.67. The highest BCUT2D eigenvalue weighted by atomic mass is 16.7. The number of ether oxygens (including phenoxy) is 2. The summed E-state index contributed by atoms with van der Waals surface area (Å²) in [4.78, 5) is 0. The zero-order valence-electron chi connectivity index (χ0n) is 27.7. The fraction of sp³-hybridized carbons (Fsp3) is 1.00. The van der Waals surface area contributed by atoms with E-state index in [4.69, 9.17) is 9.47 Å². The average molecular weight is 611 g/mol. The topological polar surface area (TPSA) is 140 Å². The summed E-state index contributed by atoms with van der Waals surface area (Å²) in [5.41, 5.74) is -0.0753.